The summed E-state index contributed by atoms with van der Waals surface area (Å²) in [4.78, 5) is 0. The van der Waals surface area contributed by atoms with Crippen LogP contribution in [0.3, 0.4) is 0 Å². The summed E-state index contributed by atoms with van der Waals surface area (Å²) in [6.45, 7) is 7.95. The van der Waals surface area contributed by atoms with Gasteiger partial charge in [-0.15, -0.1) is 0 Å². The van der Waals surface area contributed by atoms with Crippen LogP contribution in [0.2, 0.25) is 0 Å². The van der Waals surface area contributed by atoms with Gasteiger partial charge in [0.2, 0.25) is 0 Å². The molecule has 1 unspecified atom stereocenters. The Bertz CT molecular complexity index is 183. The molecule has 0 heterocycles. The lowest BCUT2D eigenvalue weighted by molar-refractivity contribution is 0.0897. The molecule has 0 spiro atoms. The summed E-state index contributed by atoms with van der Waals surface area (Å²) < 4.78 is 25.5. The van der Waals surface area contributed by atoms with Crippen LogP contribution in [0.25, 0.3) is 0 Å². The Labute approximate surface area is 76.3 Å². The highest BCUT2D eigenvalue weighted by Gasteiger charge is 2.25. The minimum atomic E-state index is -2.72. The van der Waals surface area contributed by atoms with Crippen LogP contribution in [0, 0.1) is 5.41 Å². The first kappa shape index (κ1) is 11.9. The lowest BCUT2D eigenvalue weighted by Crippen LogP contribution is -2.28. The van der Waals surface area contributed by atoms with Crippen molar-refractivity contribution in [1.82, 2.24) is 0 Å². The van der Waals surface area contributed by atoms with Gasteiger partial charge in [0, 0.05) is 0 Å². The van der Waals surface area contributed by atoms with Crippen molar-refractivity contribution in [1.29, 1.82) is 0 Å². The van der Waals surface area contributed by atoms with Gasteiger partial charge in [-0.05, 0) is 11.8 Å². The molecule has 74 valence electrons. The molecule has 0 aromatic heterocycles. The van der Waals surface area contributed by atoms with E-state index in [4.69, 9.17) is 4.18 Å². The maximum absolute atomic E-state index is 10.3. The van der Waals surface area contributed by atoms with Gasteiger partial charge in [0.15, 0.2) is 0 Å². The van der Waals surface area contributed by atoms with Crippen molar-refractivity contribution in [3.8, 4) is 0 Å². The number of rotatable bonds is 4. The van der Waals surface area contributed by atoms with Crippen molar-refractivity contribution < 1.29 is 12.6 Å². The van der Waals surface area contributed by atoms with Gasteiger partial charge in [0.1, 0.15) is 0 Å². The van der Waals surface area contributed by atoms with E-state index in [2.05, 4.69) is 0 Å². The van der Waals surface area contributed by atoms with E-state index in [0.717, 1.165) is 12.8 Å². The van der Waals surface area contributed by atoms with Gasteiger partial charge in [-0.3, -0.25) is 4.18 Å². The Kier molecular flexibility index (Phi) is 4.78. The molecule has 3 nitrogen and oxygen atoms in total. The summed E-state index contributed by atoms with van der Waals surface area (Å²) in [5.41, 5.74) is -0.106. The molecular formula is C8H18O3S. The van der Waals surface area contributed by atoms with E-state index < -0.39 is 11.0 Å². The first-order valence-corrected chi connectivity index (χ1v) is 5.28. The minimum absolute atomic E-state index is 0.106. The first-order valence-electron chi connectivity index (χ1n) is 4.19. The average molecular weight is 194 g/mol. The second kappa shape index (κ2) is 4.82. The second-order valence-electron chi connectivity index (χ2n) is 3.97. The molecule has 0 fully saturated rings. The third kappa shape index (κ3) is 4.72. The monoisotopic (exact) mass is 194 g/mol. The fourth-order valence-electron chi connectivity index (χ4n) is 1.01. The normalized spacial score (nSPS) is 15.1. The molecule has 0 aliphatic carbocycles. The van der Waals surface area contributed by atoms with Crippen LogP contribution in [0.15, 0.2) is 0 Å². The van der Waals surface area contributed by atoms with E-state index in [-0.39, 0.29) is 11.5 Å². The van der Waals surface area contributed by atoms with Crippen LogP contribution >= 0.6 is 0 Å². The summed E-state index contributed by atoms with van der Waals surface area (Å²) >= 11 is 0. The van der Waals surface area contributed by atoms with Gasteiger partial charge in [0.25, 0.3) is 11.0 Å². The molecular weight excluding hydrogens is 176 g/mol. The van der Waals surface area contributed by atoms with Crippen LogP contribution in [-0.2, 0) is 15.2 Å². The molecule has 4 heteroatoms. The van der Waals surface area contributed by atoms with Crippen LogP contribution in [0.4, 0.5) is 0 Å². The van der Waals surface area contributed by atoms with Crippen LogP contribution in [0.1, 0.15) is 40.5 Å². The molecule has 1 atom stereocenters. The predicted molar refractivity (Wildman–Crippen MR) is 49.6 cm³/mol. The maximum Gasteiger partial charge on any atom is 0.257 e. The molecule has 0 saturated carbocycles. The fraction of sp³-hybridized carbons (Fsp3) is 1.00. The number of hydrogen-bond donors (Lipinski definition) is 1. The smallest absolute Gasteiger partial charge is 0.257 e. The van der Waals surface area contributed by atoms with Gasteiger partial charge in [0.05, 0.1) is 6.10 Å². The highest BCUT2D eigenvalue weighted by molar-refractivity contribution is 7.67. The van der Waals surface area contributed by atoms with E-state index >= 15 is 0 Å². The summed E-state index contributed by atoms with van der Waals surface area (Å²) in [6.07, 6.45) is 1.53. The van der Waals surface area contributed by atoms with Crippen LogP contribution in [0.5, 0.6) is 0 Å². The zero-order valence-corrected chi connectivity index (χ0v) is 9.06. The minimum Gasteiger partial charge on any atom is -0.268 e. The third-order valence-corrected chi connectivity index (χ3v) is 2.16. The Balaban J connectivity index is 4.23. The Morgan fingerprint density at radius 3 is 2.08 bits per heavy atom. The van der Waals surface area contributed by atoms with Gasteiger partial charge in [-0.25, -0.2) is 8.42 Å². The van der Waals surface area contributed by atoms with Crippen LogP contribution < -0.4 is 0 Å². The largest absolute Gasteiger partial charge is 0.268 e. The van der Waals surface area contributed by atoms with Gasteiger partial charge < -0.3 is 0 Å². The Morgan fingerprint density at radius 1 is 1.33 bits per heavy atom. The molecule has 0 rings (SSSR count). The van der Waals surface area contributed by atoms with Crippen molar-refractivity contribution in [2.75, 3.05) is 0 Å². The fourth-order valence-corrected chi connectivity index (χ4v) is 1.64. The van der Waals surface area contributed by atoms with E-state index in [1.54, 1.807) is 0 Å². The summed E-state index contributed by atoms with van der Waals surface area (Å²) in [6, 6.07) is 0. The molecule has 0 aromatic carbocycles. The summed E-state index contributed by atoms with van der Waals surface area (Å²) in [5, 5.41) is 0. The molecule has 0 aromatic rings. The Morgan fingerprint density at radius 2 is 1.83 bits per heavy atom. The van der Waals surface area contributed by atoms with Crippen molar-refractivity contribution in [2.45, 2.75) is 46.6 Å². The van der Waals surface area contributed by atoms with Crippen molar-refractivity contribution in [2.24, 2.45) is 5.41 Å². The zero-order valence-electron chi connectivity index (χ0n) is 8.16. The number of hydrogen-bond acceptors (Lipinski definition) is 3. The molecule has 0 saturated heterocycles. The van der Waals surface area contributed by atoms with Crippen LogP contribution in [-0.4, -0.2) is 14.5 Å². The van der Waals surface area contributed by atoms with Gasteiger partial charge in [-0.2, -0.15) is 0 Å². The van der Waals surface area contributed by atoms with Crippen molar-refractivity contribution >= 4 is 11.0 Å². The van der Waals surface area contributed by atoms with E-state index in [1.807, 2.05) is 27.7 Å². The maximum atomic E-state index is 10.3. The zero-order chi connectivity index (χ0) is 9.78. The molecule has 0 N–H and O–H groups in total. The highest BCUT2D eigenvalue weighted by Crippen LogP contribution is 2.25. The van der Waals surface area contributed by atoms with E-state index in [0.29, 0.717) is 0 Å². The average Bonchev–Trinajstić information content (AvgIpc) is 1.83. The molecule has 0 amide bonds. The van der Waals surface area contributed by atoms with Crippen molar-refractivity contribution in [3.63, 3.8) is 0 Å². The molecule has 12 heavy (non-hydrogen) atoms. The second-order valence-corrected chi connectivity index (χ2v) is 4.63. The molecule has 0 bridgehead atoms. The molecule has 0 aliphatic heterocycles. The van der Waals surface area contributed by atoms with Crippen molar-refractivity contribution in [3.05, 3.63) is 0 Å². The SMILES string of the molecule is CCCC(O[SH](=O)=O)C(C)(C)C. The standard InChI is InChI=1S/C8H18O3S/c1-5-6-7(8(2,3)4)11-12(9)10/h7,12H,5-6H2,1-4H3. The number of thiol groups is 1. The topological polar surface area (TPSA) is 43.4 Å². The molecule has 0 aliphatic rings. The predicted octanol–water partition coefficient (Wildman–Crippen LogP) is 1.74. The lowest BCUT2D eigenvalue weighted by Gasteiger charge is -2.27. The summed E-state index contributed by atoms with van der Waals surface area (Å²) in [7, 11) is -2.72. The van der Waals surface area contributed by atoms with Gasteiger partial charge in [-0.1, -0.05) is 34.1 Å². The quantitative estimate of drug-likeness (QED) is 0.693. The Hall–Kier alpha value is -0.0900. The highest BCUT2D eigenvalue weighted by atomic mass is 32.2. The molecule has 0 radical (unpaired) electrons. The van der Waals surface area contributed by atoms with E-state index in [1.165, 1.54) is 0 Å². The lowest BCUT2D eigenvalue weighted by atomic mass is 9.87. The third-order valence-electron chi connectivity index (χ3n) is 1.73. The van der Waals surface area contributed by atoms with E-state index in [9.17, 15) is 8.42 Å². The summed E-state index contributed by atoms with van der Waals surface area (Å²) in [5.74, 6) is 0. The first-order chi connectivity index (χ1) is 5.38. The van der Waals surface area contributed by atoms with Gasteiger partial charge >= 0.3 is 0 Å².